The maximum Gasteiger partial charge on any atom is 0.227 e. The van der Waals surface area contributed by atoms with Crippen molar-refractivity contribution in [2.75, 3.05) is 5.32 Å². The van der Waals surface area contributed by atoms with Crippen LogP contribution in [0.4, 0.5) is 10.1 Å². The fraction of sp³-hybridized carbons (Fsp3) is 0.316. The number of carbonyl (C=O) groups excluding carboxylic acids is 1. The van der Waals surface area contributed by atoms with Crippen LogP contribution in [0.2, 0.25) is 0 Å². The molecule has 0 radical (unpaired) electrons. The quantitative estimate of drug-likeness (QED) is 0.839. The Hall–Kier alpha value is -2.11. The van der Waals surface area contributed by atoms with Gasteiger partial charge in [-0.2, -0.15) is 0 Å². The minimum absolute atomic E-state index is 0. The first-order chi connectivity index (χ1) is 11.6. The molecule has 134 valence electrons. The third kappa shape index (κ3) is 5.18. The highest BCUT2D eigenvalue weighted by Gasteiger charge is 2.25. The van der Waals surface area contributed by atoms with Crippen LogP contribution < -0.4 is 15.8 Å². The molecular weight excluding hydrogens is 343 g/mol. The van der Waals surface area contributed by atoms with Gasteiger partial charge in [0, 0.05) is 18.0 Å². The molecule has 1 aliphatic rings. The number of para-hydroxylation sites is 2. The van der Waals surface area contributed by atoms with Gasteiger partial charge in [0.15, 0.2) is 5.75 Å². The third-order valence-corrected chi connectivity index (χ3v) is 4.25. The van der Waals surface area contributed by atoms with Gasteiger partial charge >= 0.3 is 0 Å². The summed E-state index contributed by atoms with van der Waals surface area (Å²) in [5.41, 5.74) is 6.54. The number of nitrogens with two attached hydrogens (primary N) is 1. The summed E-state index contributed by atoms with van der Waals surface area (Å²) < 4.78 is 19.0. The van der Waals surface area contributed by atoms with Crippen LogP contribution in [0.15, 0.2) is 48.5 Å². The van der Waals surface area contributed by atoms with E-state index < -0.39 is 0 Å². The van der Waals surface area contributed by atoms with Crippen LogP contribution >= 0.6 is 12.4 Å². The van der Waals surface area contributed by atoms with Crippen LogP contribution in [0.3, 0.4) is 0 Å². The Kier molecular flexibility index (Phi) is 6.79. The van der Waals surface area contributed by atoms with Crippen molar-refractivity contribution in [1.82, 2.24) is 0 Å². The second kappa shape index (κ2) is 8.83. The summed E-state index contributed by atoms with van der Waals surface area (Å²) in [5, 5.41) is 2.92. The Morgan fingerprint density at radius 2 is 1.96 bits per heavy atom. The highest BCUT2D eigenvalue weighted by Crippen LogP contribution is 2.31. The minimum Gasteiger partial charge on any atom is -0.455 e. The van der Waals surface area contributed by atoms with Gasteiger partial charge in [-0.25, -0.2) is 4.39 Å². The fourth-order valence-electron chi connectivity index (χ4n) is 3.02. The lowest BCUT2D eigenvalue weighted by atomic mass is 9.85. The van der Waals surface area contributed by atoms with E-state index in [1.54, 1.807) is 30.3 Å². The smallest absolute Gasteiger partial charge is 0.227 e. The first kappa shape index (κ1) is 19.2. The molecule has 0 bridgehead atoms. The van der Waals surface area contributed by atoms with Crippen LogP contribution in [0.5, 0.6) is 11.5 Å². The number of hydrogen-bond donors (Lipinski definition) is 2. The van der Waals surface area contributed by atoms with E-state index in [0.29, 0.717) is 23.6 Å². The summed E-state index contributed by atoms with van der Waals surface area (Å²) in [4.78, 5) is 12.5. The van der Waals surface area contributed by atoms with Crippen molar-refractivity contribution in [3.05, 3.63) is 54.3 Å². The standard InChI is InChI=1S/C19H21FN2O2.ClH/c20-14-6-4-8-16(12-14)24-18-10-2-1-9-17(18)22-19(23)13-5-3-7-15(21)11-13;/h1-2,4,6,8-10,12-13,15H,3,5,7,11,21H2,(H,22,23);1H. The third-order valence-electron chi connectivity index (χ3n) is 4.25. The highest BCUT2D eigenvalue weighted by molar-refractivity contribution is 5.94. The summed E-state index contributed by atoms with van der Waals surface area (Å²) in [5.74, 6) is 0.384. The Morgan fingerprint density at radius 1 is 1.16 bits per heavy atom. The monoisotopic (exact) mass is 364 g/mol. The minimum atomic E-state index is -0.370. The Bertz CT molecular complexity index is 726. The van der Waals surface area contributed by atoms with Gasteiger partial charge in [-0.1, -0.05) is 24.6 Å². The molecule has 2 aromatic rings. The molecule has 6 heteroatoms. The number of halogens is 2. The van der Waals surface area contributed by atoms with E-state index in [9.17, 15) is 9.18 Å². The van der Waals surface area contributed by atoms with E-state index in [2.05, 4.69) is 5.32 Å². The Labute approximate surface area is 153 Å². The van der Waals surface area contributed by atoms with Crippen molar-refractivity contribution >= 4 is 24.0 Å². The number of ether oxygens (including phenoxy) is 1. The van der Waals surface area contributed by atoms with Gasteiger partial charge in [-0.05, 0) is 43.5 Å². The van der Waals surface area contributed by atoms with Crippen molar-refractivity contribution < 1.29 is 13.9 Å². The molecule has 2 unspecified atom stereocenters. The summed E-state index contributed by atoms with van der Waals surface area (Å²) in [6.07, 6.45) is 3.51. The van der Waals surface area contributed by atoms with Crippen LogP contribution in [-0.4, -0.2) is 11.9 Å². The second-order valence-electron chi connectivity index (χ2n) is 6.17. The number of hydrogen-bond acceptors (Lipinski definition) is 3. The molecule has 1 amide bonds. The fourth-order valence-corrected chi connectivity index (χ4v) is 3.02. The topological polar surface area (TPSA) is 64.4 Å². The number of benzene rings is 2. The SMILES string of the molecule is Cl.NC1CCCC(C(=O)Nc2ccccc2Oc2cccc(F)c2)C1. The zero-order valence-corrected chi connectivity index (χ0v) is 14.6. The molecule has 0 saturated heterocycles. The second-order valence-corrected chi connectivity index (χ2v) is 6.17. The predicted molar refractivity (Wildman–Crippen MR) is 98.7 cm³/mol. The van der Waals surface area contributed by atoms with Gasteiger partial charge in [0.05, 0.1) is 5.69 Å². The number of carbonyl (C=O) groups is 1. The molecule has 0 aliphatic heterocycles. The molecule has 0 spiro atoms. The van der Waals surface area contributed by atoms with E-state index in [4.69, 9.17) is 10.5 Å². The number of amides is 1. The van der Waals surface area contributed by atoms with Gasteiger partial charge in [-0.3, -0.25) is 4.79 Å². The highest BCUT2D eigenvalue weighted by atomic mass is 35.5. The van der Waals surface area contributed by atoms with E-state index in [1.165, 1.54) is 12.1 Å². The molecule has 25 heavy (non-hydrogen) atoms. The zero-order chi connectivity index (χ0) is 16.9. The lowest BCUT2D eigenvalue weighted by Crippen LogP contribution is -2.34. The normalized spacial score (nSPS) is 19.6. The van der Waals surface area contributed by atoms with Crippen molar-refractivity contribution in [2.24, 2.45) is 11.7 Å². The van der Waals surface area contributed by atoms with Crippen LogP contribution in [0, 0.1) is 11.7 Å². The number of anilines is 1. The average Bonchev–Trinajstić information content (AvgIpc) is 2.57. The van der Waals surface area contributed by atoms with Crippen molar-refractivity contribution in [2.45, 2.75) is 31.7 Å². The molecule has 3 rings (SSSR count). The van der Waals surface area contributed by atoms with Gasteiger partial charge in [0.25, 0.3) is 0 Å². The van der Waals surface area contributed by atoms with Crippen molar-refractivity contribution in [1.29, 1.82) is 0 Å². The van der Waals surface area contributed by atoms with E-state index in [0.717, 1.165) is 19.3 Å². The summed E-state index contributed by atoms with van der Waals surface area (Å²) in [6.45, 7) is 0. The van der Waals surface area contributed by atoms with Gasteiger partial charge in [0.2, 0.25) is 5.91 Å². The van der Waals surface area contributed by atoms with E-state index in [1.807, 2.05) is 6.07 Å². The summed E-state index contributed by atoms with van der Waals surface area (Å²) in [7, 11) is 0. The van der Waals surface area contributed by atoms with Crippen LogP contribution in [0.1, 0.15) is 25.7 Å². The summed E-state index contributed by atoms with van der Waals surface area (Å²) in [6, 6.07) is 13.1. The van der Waals surface area contributed by atoms with Gasteiger partial charge < -0.3 is 15.8 Å². The zero-order valence-electron chi connectivity index (χ0n) is 13.8. The van der Waals surface area contributed by atoms with Crippen molar-refractivity contribution in [3.8, 4) is 11.5 Å². The first-order valence-corrected chi connectivity index (χ1v) is 8.21. The molecule has 1 saturated carbocycles. The molecule has 0 heterocycles. The van der Waals surface area contributed by atoms with E-state index >= 15 is 0 Å². The Balaban J connectivity index is 0.00000225. The number of rotatable bonds is 4. The van der Waals surface area contributed by atoms with Gasteiger partial charge in [-0.15, -0.1) is 12.4 Å². The molecule has 3 N–H and O–H groups in total. The number of nitrogens with one attached hydrogen (secondary N) is 1. The molecule has 1 fully saturated rings. The van der Waals surface area contributed by atoms with Crippen molar-refractivity contribution in [3.63, 3.8) is 0 Å². The first-order valence-electron chi connectivity index (χ1n) is 8.21. The Morgan fingerprint density at radius 3 is 2.72 bits per heavy atom. The molecular formula is C19H22ClFN2O2. The lowest BCUT2D eigenvalue weighted by Gasteiger charge is -2.26. The average molecular weight is 365 g/mol. The molecule has 0 aromatic heterocycles. The van der Waals surface area contributed by atoms with Crippen LogP contribution in [0.25, 0.3) is 0 Å². The predicted octanol–water partition coefficient (Wildman–Crippen LogP) is 4.50. The largest absolute Gasteiger partial charge is 0.455 e. The van der Waals surface area contributed by atoms with Gasteiger partial charge in [0.1, 0.15) is 11.6 Å². The molecule has 4 nitrogen and oxygen atoms in total. The molecule has 1 aliphatic carbocycles. The summed E-state index contributed by atoms with van der Waals surface area (Å²) >= 11 is 0. The lowest BCUT2D eigenvalue weighted by molar-refractivity contribution is -0.120. The maximum absolute atomic E-state index is 13.3. The van der Waals surface area contributed by atoms with E-state index in [-0.39, 0.29) is 36.1 Å². The molecule has 2 atom stereocenters. The van der Waals surface area contributed by atoms with Crippen LogP contribution in [-0.2, 0) is 4.79 Å². The maximum atomic E-state index is 13.3. The molecule has 2 aromatic carbocycles.